The molecule has 0 saturated carbocycles. The number of hydrogen-bond acceptors (Lipinski definition) is 4. The molecule has 0 saturated heterocycles. The maximum absolute atomic E-state index is 9.75. The van der Waals surface area contributed by atoms with Crippen molar-refractivity contribution in [2.75, 3.05) is 13.7 Å². The van der Waals surface area contributed by atoms with E-state index in [2.05, 4.69) is 22.4 Å². The zero-order valence-corrected chi connectivity index (χ0v) is 9.33. The van der Waals surface area contributed by atoms with Crippen LogP contribution in [-0.2, 0) is 0 Å². The van der Waals surface area contributed by atoms with Crippen molar-refractivity contribution in [1.29, 1.82) is 0 Å². The number of ether oxygens (including phenoxy) is 1. The highest BCUT2D eigenvalue weighted by atomic mass is 32.1. The molecule has 1 atom stereocenters. The number of benzene rings is 1. The second kappa shape index (κ2) is 6.30. The lowest BCUT2D eigenvalue weighted by Gasteiger charge is -2.09. The van der Waals surface area contributed by atoms with Gasteiger partial charge in [0, 0.05) is 0 Å². The van der Waals surface area contributed by atoms with Crippen LogP contribution in [0.15, 0.2) is 29.3 Å². The Bertz CT molecular complexity index is 344. The number of nitrogens with zero attached hydrogens (tertiary/aromatic N) is 1. The highest BCUT2D eigenvalue weighted by Crippen LogP contribution is 2.19. The predicted molar refractivity (Wildman–Crippen MR) is 62.5 cm³/mol. The number of aliphatic hydroxyl groups excluding tert-OH is 1. The molecule has 0 aliphatic carbocycles. The molecular weight excluding hydrogens is 210 g/mol. The quantitative estimate of drug-likeness (QED) is 0.614. The molecule has 0 aliphatic heterocycles. The number of aliphatic hydroxyl groups is 1. The van der Waals surface area contributed by atoms with Crippen molar-refractivity contribution in [1.82, 2.24) is 0 Å². The van der Waals surface area contributed by atoms with Crippen LogP contribution in [0, 0.1) is 0 Å². The Morgan fingerprint density at radius 1 is 1.47 bits per heavy atom. The highest BCUT2D eigenvalue weighted by Gasteiger charge is 2.06. The third-order valence-corrected chi connectivity index (χ3v) is 2.21. The van der Waals surface area contributed by atoms with Crippen LogP contribution in [-0.4, -0.2) is 23.9 Å². The second-order valence-electron chi connectivity index (χ2n) is 3.05. The Morgan fingerprint density at radius 3 is 2.67 bits per heavy atom. The molecule has 0 heterocycles. The van der Waals surface area contributed by atoms with Gasteiger partial charge in [-0.3, -0.25) is 0 Å². The van der Waals surface area contributed by atoms with Gasteiger partial charge in [-0.25, -0.2) is 4.99 Å². The van der Waals surface area contributed by atoms with E-state index in [0.29, 0.717) is 13.0 Å². The molecule has 15 heavy (non-hydrogen) atoms. The first-order chi connectivity index (χ1) is 7.27. The van der Waals surface area contributed by atoms with Crippen LogP contribution in [0.4, 0.5) is 0 Å². The van der Waals surface area contributed by atoms with E-state index in [9.17, 15) is 5.11 Å². The molecule has 0 aromatic heterocycles. The van der Waals surface area contributed by atoms with Gasteiger partial charge in [-0.2, -0.15) is 0 Å². The van der Waals surface area contributed by atoms with Gasteiger partial charge in [0.1, 0.15) is 5.75 Å². The summed E-state index contributed by atoms with van der Waals surface area (Å²) in [7, 11) is 1.61. The Kier molecular flexibility index (Phi) is 4.98. The average Bonchev–Trinajstić information content (AvgIpc) is 2.29. The third kappa shape index (κ3) is 3.80. The molecular formula is C11H13NO2S. The number of hydrogen-bond donors (Lipinski definition) is 1. The lowest BCUT2D eigenvalue weighted by Crippen LogP contribution is -1.99. The van der Waals surface area contributed by atoms with Crippen LogP contribution in [0.25, 0.3) is 0 Å². The molecule has 80 valence electrons. The third-order valence-electron chi connectivity index (χ3n) is 2.08. The van der Waals surface area contributed by atoms with Crippen LogP contribution >= 0.6 is 12.2 Å². The number of isothiocyanates is 1. The Hall–Kier alpha value is -1.22. The van der Waals surface area contributed by atoms with Gasteiger partial charge < -0.3 is 9.84 Å². The first-order valence-corrected chi connectivity index (χ1v) is 5.04. The maximum atomic E-state index is 9.75. The summed E-state index contributed by atoms with van der Waals surface area (Å²) in [5.74, 6) is 0.780. The van der Waals surface area contributed by atoms with Gasteiger partial charge in [0.2, 0.25) is 0 Å². The summed E-state index contributed by atoms with van der Waals surface area (Å²) in [4.78, 5) is 3.75. The zero-order chi connectivity index (χ0) is 11.1. The first kappa shape index (κ1) is 11.9. The van der Waals surface area contributed by atoms with E-state index in [1.165, 1.54) is 0 Å². The summed E-state index contributed by atoms with van der Waals surface area (Å²) in [5.41, 5.74) is 0.857. The van der Waals surface area contributed by atoms with Crippen molar-refractivity contribution in [3.8, 4) is 5.75 Å². The van der Waals surface area contributed by atoms with E-state index >= 15 is 0 Å². The number of methoxy groups -OCH3 is 1. The van der Waals surface area contributed by atoms with Gasteiger partial charge in [-0.15, -0.1) is 0 Å². The Morgan fingerprint density at radius 2 is 2.13 bits per heavy atom. The van der Waals surface area contributed by atoms with E-state index in [1.807, 2.05) is 24.3 Å². The van der Waals surface area contributed by atoms with Gasteiger partial charge in [0.25, 0.3) is 0 Å². The highest BCUT2D eigenvalue weighted by molar-refractivity contribution is 7.78. The minimum Gasteiger partial charge on any atom is -0.497 e. The van der Waals surface area contributed by atoms with E-state index in [-0.39, 0.29) is 0 Å². The molecule has 0 fully saturated rings. The average molecular weight is 223 g/mol. The summed E-state index contributed by atoms with van der Waals surface area (Å²) < 4.78 is 5.02. The van der Waals surface area contributed by atoms with E-state index in [0.717, 1.165) is 11.3 Å². The molecule has 0 spiro atoms. The minimum absolute atomic E-state index is 0.497. The Labute approximate surface area is 94.4 Å². The van der Waals surface area contributed by atoms with Gasteiger partial charge in [-0.1, -0.05) is 12.1 Å². The largest absolute Gasteiger partial charge is 0.497 e. The van der Waals surface area contributed by atoms with Crippen LogP contribution in [0.2, 0.25) is 0 Å². The van der Waals surface area contributed by atoms with E-state index < -0.39 is 6.10 Å². The summed E-state index contributed by atoms with van der Waals surface area (Å²) in [6, 6.07) is 7.32. The van der Waals surface area contributed by atoms with E-state index in [1.54, 1.807) is 7.11 Å². The molecule has 0 unspecified atom stereocenters. The van der Waals surface area contributed by atoms with Crippen LogP contribution in [0.5, 0.6) is 5.75 Å². The van der Waals surface area contributed by atoms with Crippen LogP contribution in [0.3, 0.4) is 0 Å². The van der Waals surface area contributed by atoms with E-state index in [4.69, 9.17) is 4.74 Å². The summed E-state index contributed by atoms with van der Waals surface area (Å²) in [6.45, 7) is 0.497. The standard InChI is InChI=1S/C11H13NO2S/c1-14-10-4-2-9(3-5-10)11(13)6-7-12-8-15/h2-5,11,13H,6-7H2,1H3/t11-/m0/s1. The monoisotopic (exact) mass is 223 g/mol. The SMILES string of the molecule is COc1ccc([C@@H](O)CCN=C=S)cc1. The van der Waals surface area contributed by atoms with Crippen molar-refractivity contribution in [2.24, 2.45) is 4.99 Å². The lowest BCUT2D eigenvalue weighted by molar-refractivity contribution is 0.170. The second-order valence-corrected chi connectivity index (χ2v) is 3.23. The van der Waals surface area contributed by atoms with Gasteiger partial charge in [-0.05, 0) is 36.3 Å². The van der Waals surface area contributed by atoms with Crippen molar-refractivity contribution >= 4 is 17.4 Å². The number of thiocarbonyl (C=S) groups is 1. The molecule has 1 aromatic rings. The number of aliphatic imine (C=N–C) groups is 1. The smallest absolute Gasteiger partial charge is 0.118 e. The Balaban J connectivity index is 2.57. The lowest BCUT2D eigenvalue weighted by atomic mass is 10.1. The normalized spacial score (nSPS) is 11.6. The molecule has 4 heteroatoms. The number of rotatable bonds is 5. The fourth-order valence-corrected chi connectivity index (χ4v) is 1.32. The summed E-state index contributed by atoms with van der Waals surface area (Å²) >= 11 is 4.44. The topological polar surface area (TPSA) is 41.8 Å². The minimum atomic E-state index is -0.511. The van der Waals surface area contributed by atoms with Gasteiger partial charge >= 0.3 is 0 Å². The van der Waals surface area contributed by atoms with Crippen molar-refractivity contribution < 1.29 is 9.84 Å². The molecule has 0 bridgehead atoms. The van der Waals surface area contributed by atoms with Gasteiger partial charge in [0.15, 0.2) is 0 Å². The molecule has 1 rings (SSSR count). The van der Waals surface area contributed by atoms with Crippen LogP contribution in [0.1, 0.15) is 18.1 Å². The predicted octanol–water partition coefficient (Wildman–Crippen LogP) is 2.22. The van der Waals surface area contributed by atoms with Crippen molar-refractivity contribution in [3.05, 3.63) is 29.8 Å². The molecule has 1 N–H and O–H groups in total. The summed E-state index contributed by atoms with van der Waals surface area (Å²) in [6.07, 6.45) is 0.0405. The molecule has 0 amide bonds. The molecule has 1 aromatic carbocycles. The van der Waals surface area contributed by atoms with Crippen molar-refractivity contribution in [2.45, 2.75) is 12.5 Å². The van der Waals surface area contributed by atoms with Crippen molar-refractivity contribution in [3.63, 3.8) is 0 Å². The van der Waals surface area contributed by atoms with Crippen LogP contribution < -0.4 is 4.74 Å². The zero-order valence-electron chi connectivity index (χ0n) is 8.51. The fraction of sp³-hybridized carbons (Fsp3) is 0.364. The molecule has 3 nitrogen and oxygen atoms in total. The molecule has 0 radical (unpaired) electrons. The maximum Gasteiger partial charge on any atom is 0.118 e. The molecule has 0 aliphatic rings. The summed E-state index contributed by atoms with van der Waals surface area (Å²) in [5, 5.41) is 12.0. The fourth-order valence-electron chi connectivity index (χ4n) is 1.23. The van der Waals surface area contributed by atoms with Gasteiger partial charge in [0.05, 0.1) is 24.9 Å². The first-order valence-electron chi connectivity index (χ1n) is 4.63.